The van der Waals surface area contributed by atoms with Gasteiger partial charge in [-0.25, -0.2) is 0 Å². The standard InChI is InChI=1S/C16H19Cl2N3O/c1-5-21-11(3)13(10(2)19-21)9-20(4)16(22)12-7-6-8-14(17)15(12)18/h6-8H,5,9H2,1-4H3. The molecule has 1 aromatic heterocycles. The number of aromatic nitrogens is 2. The Hall–Kier alpha value is -1.52. The minimum atomic E-state index is -0.157. The SMILES string of the molecule is CCn1nc(C)c(CN(C)C(=O)c2cccc(Cl)c2Cl)c1C. The highest BCUT2D eigenvalue weighted by molar-refractivity contribution is 6.43. The normalized spacial score (nSPS) is 10.8. The van der Waals surface area contributed by atoms with Gasteiger partial charge in [0, 0.05) is 31.4 Å². The van der Waals surface area contributed by atoms with Gasteiger partial charge in [0.1, 0.15) is 0 Å². The van der Waals surface area contributed by atoms with Gasteiger partial charge in [-0.15, -0.1) is 0 Å². The lowest BCUT2D eigenvalue weighted by molar-refractivity contribution is 0.0785. The van der Waals surface area contributed by atoms with E-state index in [9.17, 15) is 4.79 Å². The highest BCUT2D eigenvalue weighted by atomic mass is 35.5. The molecule has 0 aliphatic rings. The van der Waals surface area contributed by atoms with Crippen LogP contribution in [0.1, 0.15) is 34.2 Å². The van der Waals surface area contributed by atoms with Crippen LogP contribution in [-0.2, 0) is 13.1 Å². The number of hydrogen-bond acceptors (Lipinski definition) is 2. The Morgan fingerprint density at radius 1 is 1.32 bits per heavy atom. The first kappa shape index (κ1) is 16.8. The van der Waals surface area contributed by atoms with Crippen molar-refractivity contribution in [2.24, 2.45) is 0 Å². The van der Waals surface area contributed by atoms with Crippen molar-refractivity contribution in [3.8, 4) is 0 Å². The number of amides is 1. The maximum atomic E-state index is 12.6. The molecule has 0 aliphatic carbocycles. The van der Waals surface area contributed by atoms with E-state index >= 15 is 0 Å². The average Bonchev–Trinajstić information content (AvgIpc) is 2.76. The van der Waals surface area contributed by atoms with Crippen LogP contribution in [0.3, 0.4) is 0 Å². The maximum absolute atomic E-state index is 12.6. The molecule has 0 spiro atoms. The summed E-state index contributed by atoms with van der Waals surface area (Å²) in [5.74, 6) is -0.157. The van der Waals surface area contributed by atoms with Gasteiger partial charge in [0.2, 0.25) is 0 Å². The Bertz CT molecular complexity index is 710. The topological polar surface area (TPSA) is 38.1 Å². The van der Waals surface area contributed by atoms with Crippen LogP contribution in [0.25, 0.3) is 0 Å². The molecule has 1 aromatic carbocycles. The van der Waals surface area contributed by atoms with Crippen LogP contribution in [0.5, 0.6) is 0 Å². The third kappa shape index (κ3) is 3.13. The van der Waals surface area contributed by atoms with E-state index in [-0.39, 0.29) is 5.91 Å². The van der Waals surface area contributed by atoms with Gasteiger partial charge < -0.3 is 4.90 Å². The number of halogens is 2. The monoisotopic (exact) mass is 339 g/mol. The van der Waals surface area contributed by atoms with E-state index in [4.69, 9.17) is 23.2 Å². The number of carbonyl (C=O) groups is 1. The lowest BCUT2D eigenvalue weighted by atomic mass is 10.1. The minimum Gasteiger partial charge on any atom is -0.337 e. The molecule has 1 heterocycles. The van der Waals surface area contributed by atoms with Gasteiger partial charge in [0.15, 0.2) is 0 Å². The molecule has 0 aliphatic heterocycles. The quantitative estimate of drug-likeness (QED) is 0.840. The fraction of sp³-hybridized carbons (Fsp3) is 0.375. The average molecular weight is 340 g/mol. The second-order valence-electron chi connectivity index (χ2n) is 5.23. The van der Waals surface area contributed by atoms with E-state index in [1.807, 2.05) is 25.5 Å². The molecule has 0 N–H and O–H groups in total. The van der Waals surface area contributed by atoms with Crippen LogP contribution in [0.15, 0.2) is 18.2 Å². The third-order valence-electron chi connectivity index (χ3n) is 3.75. The summed E-state index contributed by atoms with van der Waals surface area (Å²) >= 11 is 12.1. The first-order valence-corrected chi connectivity index (χ1v) is 7.84. The molecule has 4 nitrogen and oxygen atoms in total. The highest BCUT2D eigenvalue weighted by Crippen LogP contribution is 2.27. The first-order valence-electron chi connectivity index (χ1n) is 7.09. The summed E-state index contributed by atoms with van der Waals surface area (Å²) in [5, 5.41) is 5.15. The second-order valence-corrected chi connectivity index (χ2v) is 6.01. The van der Waals surface area contributed by atoms with Crippen molar-refractivity contribution in [2.45, 2.75) is 33.9 Å². The van der Waals surface area contributed by atoms with Crippen molar-refractivity contribution in [3.05, 3.63) is 50.8 Å². The Balaban J connectivity index is 2.26. The van der Waals surface area contributed by atoms with Crippen LogP contribution in [0.4, 0.5) is 0 Å². The first-order chi connectivity index (χ1) is 10.4. The second kappa shape index (κ2) is 6.71. The van der Waals surface area contributed by atoms with Gasteiger partial charge in [0.25, 0.3) is 5.91 Å². The van der Waals surface area contributed by atoms with Crippen LogP contribution < -0.4 is 0 Å². The van der Waals surface area contributed by atoms with Gasteiger partial charge >= 0.3 is 0 Å². The number of benzene rings is 1. The lowest BCUT2D eigenvalue weighted by Gasteiger charge is -2.18. The summed E-state index contributed by atoms with van der Waals surface area (Å²) in [6.45, 7) is 7.32. The van der Waals surface area contributed by atoms with Crippen LogP contribution in [-0.4, -0.2) is 27.6 Å². The Morgan fingerprint density at radius 2 is 2.00 bits per heavy atom. The molecule has 2 rings (SSSR count). The zero-order valence-corrected chi connectivity index (χ0v) is 14.7. The summed E-state index contributed by atoms with van der Waals surface area (Å²) in [4.78, 5) is 14.2. The molecule has 2 aromatic rings. The zero-order valence-electron chi connectivity index (χ0n) is 13.2. The molecule has 0 radical (unpaired) electrons. The Labute approximate surface area is 140 Å². The van der Waals surface area contributed by atoms with Gasteiger partial charge in [-0.1, -0.05) is 29.3 Å². The number of rotatable bonds is 4. The van der Waals surface area contributed by atoms with Crippen LogP contribution >= 0.6 is 23.2 Å². The van der Waals surface area contributed by atoms with Crippen molar-refractivity contribution in [1.82, 2.24) is 14.7 Å². The Kier molecular flexibility index (Phi) is 5.14. The predicted octanol–water partition coefficient (Wildman–Crippen LogP) is 4.10. The van der Waals surface area contributed by atoms with Gasteiger partial charge in [-0.05, 0) is 32.9 Å². The number of hydrogen-bond donors (Lipinski definition) is 0. The molecule has 0 atom stereocenters. The predicted molar refractivity (Wildman–Crippen MR) is 89.6 cm³/mol. The number of aryl methyl sites for hydroxylation is 2. The summed E-state index contributed by atoms with van der Waals surface area (Å²) in [5.41, 5.74) is 3.50. The molecule has 22 heavy (non-hydrogen) atoms. The summed E-state index contributed by atoms with van der Waals surface area (Å²) in [6, 6.07) is 5.07. The fourth-order valence-electron chi connectivity index (χ4n) is 2.45. The van der Waals surface area contributed by atoms with Gasteiger partial charge in [-0.2, -0.15) is 5.10 Å². The Morgan fingerprint density at radius 3 is 2.59 bits per heavy atom. The molecule has 1 amide bonds. The number of nitrogens with zero attached hydrogens (tertiary/aromatic N) is 3. The smallest absolute Gasteiger partial charge is 0.255 e. The molecule has 0 fully saturated rings. The van der Waals surface area contributed by atoms with E-state index in [1.165, 1.54) is 0 Å². The summed E-state index contributed by atoms with van der Waals surface area (Å²) in [6.07, 6.45) is 0. The van der Waals surface area contributed by atoms with Gasteiger partial charge in [-0.3, -0.25) is 9.48 Å². The maximum Gasteiger partial charge on any atom is 0.255 e. The zero-order chi connectivity index (χ0) is 16.4. The largest absolute Gasteiger partial charge is 0.337 e. The molecule has 118 valence electrons. The van der Waals surface area contributed by atoms with E-state index in [0.29, 0.717) is 22.2 Å². The fourth-order valence-corrected chi connectivity index (χ4v) is 2.84. The van der Waals surface area contributed by atoms with Crippen molar-refractivity contribution < 1.29 is 4.79 Å². The minimum absolute atomic E-state index is 0.157. The number of carbonyl (C=O) groups excluding carboxylic acids is 1. The lowest BCUT2D eigenvalue weighted by Crippen LogP contribution is -2.27. The van der Waals surface area contributed by atoms with E-state index < -0.39 is 0 Å². The molecular weight excluding hydrogens is 321 g/mol. The molecule has 6 heteroatoms. The van der Waals surface area contributed by atoms with Crippen molar-refractivity contribution in [1.29, 1.82) is 0 Å². The van der Waals surface area contributed by atoms with Gasteiger partial charge in [0.05, 0.1) is 21.3 Å². The molecule has 0 bridgehead atoms. The van der Waals surface area contributed by atoms with Crippen molar-refractivity contribution in [2.75, 3.05) is 7.05 Å². The van der Waals surface area contributed by atoms with E-state index in [1.54, 1.807) is 30.1 Å². The molecular formula is C16H19Cl2N3O. The van der Waals surface area contributed by atoms with Crippen molar-refractivity contribution in [3.63, 3.8) is 0 Å². The third-order valence-corrected chi connectivity index (χ3v) is 4.57. The van der Waals surface area contributed by atoms with Crippen LogP contribution in [0, 0.1) is 13.8 Å². The van der Waals surface area contributed by atoms with E-state index in [2.05, 4.69) is 5.10 Å². The highest BCUT2D eigenvalue weighted by Gasteiger charge is 2.19. The summed E-state index contributed by atoms with van der Waals surface area (Å²) in [7, 11) is 1.75. The van der Waals surface area contributed by atoms with Crippen molar-refractivity contribution >= 4 is 29.1 Å². The van der Waals surface area contributed by atoms with Crippen LogP contribution in [0.2, 0.25) is 10.0 Å². The molecule has 0 saturated heterocycles. The van der Waals surface area contributed by atoms with E-state index in [0.717, 1.165) is 23.5 Å². The molecule has 0 saturated carbocycles. The molecule has 0 unspecified atom stereocenters. The summed E-state index contributed by atoms with van der Waals surface area (Å²) < 4.78 is 1.94.